The van der Waals surface area contributed by atoms with Gasteiger partial charge in [0.1, 0.15) is 5.75 Å². The van der Waals surface area contributed by atoms with Crippen molar-refractivity contribution in [3.05, 3.63) is 87.7 Å². The third-order valence-corrected chi connectivity index (χ3v) is 6.24. The van der Waals surface area contributed by atoms with E-state index < -0.39 is 0 Å². The fraction of sp³-hybridized carbons (Fsp3) is 0.240. The second-order valence-corrected chi connectivity index (χ2v) is 8.63. The van der Waals surface area contributed by atoms with Crippen LogP contribution >= 0.6 is 11.3 Å². The molecule has 2 aromatic carbocycles. The van der Waals surface area contributed by atoms with E-state index in [0.29, 0.717) is 0 Å². The summed E-state index contributed by atoms with van der Waals surface area (Å²) >= 11 is 1.49. The summed E-state index contributed by atoms with van der Waals surface area (Å²) in [4.78, 5) is 17.1. The number of aryl methyl sites for hydroxylation is 2. The number of amides is 1. The van der Waals surface area contributed by atoms with Gasteiger partial charge in [-0.3, -0.25) is 4.79 Å². The van der Waals surface area contributed by atoms with Crippen molar-refractivity contribution in [1.82, 2.24) is 14.8 Å². The molecule has 1 N–H and O–H groups in total. The fourth-order valence-corrected chi connectivity index (χ4v) is 4.37. The van der Waals surface area contributed by atoms with Crippen LogP contribution in [-0.2, 0) is 17.6 Å². The van der Waals surface area contributed by atoms with Gasteiger partial charge in [-0.15, -0.1) is 11.3 Å². The Morgan fingerprint density at radius 1 is 1.06 bits per heavy atom. The van der Waals surface area contributed by atoms with E-state index in [0.717, 1.165) is 40.1 Å². The normalized spacial score (nSPS) is 10.9. The number of benzene rings is 2. The van der Waals surface area contributed by atoms with Gasteiger partial charge in [-0.2, -0.15) is 5.10 Å². The summed E-state index contributed by atoms with van der Waals surface area (Å²) in [6.45, 7) is 6.19. The van der Waals surface area contributed by atoms with Gasteiger partial charge in [0, 0.05) is 28.7 Å². The number of nitrogens with one attached hydrogen (secondary N) is 1. The minimum Gasteiger partial charge on any atom is -0.497 e. The van der Waals surface area contributed by atoms with Gasteiger partial charge in [-0.1, -0.05) is 29.8 Å². The number of hydrogen-bond donors (Lipinski definition) is 1. The van der Waals surface area contributed by atoms with Crippen molar-refractivity contribution in [2.24, 2.45) is 0 Å². The predicted octanol–water partition coefficient (Wildman–Crippen LogP) is 5.03. The maximum atomic E-state index is 12.4. The van der Waals surface area contributed by atoms with Gasteiger partial charge in [0.2, 0.25) is 11.0 Å². The molecule has 6 nitrogen and oxygen atoms in total. The summed E-state index contributed by atoms with van der Waals surface area (Å²) < 4.78 is 7.03. The lowest BCUT2D eigenvalue weighted by Gasteiger charge is -2.05. The van der Waals surface area contributed by atoms with E-state index in [2.05, 4.69) is 48.4 Å². The number of ether oxygens (including phenoxy) is 1. The van der Waals surface area contributed by atoms with Crippen LogP contribution in [0.25, 0.3) is 5.13 Å². The quantitative estimate of drug-likeness (QED) is 0.432. The summed E-state index contributed by atoms with van der Waals surface area (Å²) in [6.07, 6.45) is 1.04. The third kappa shape index (κ3) is 4.89. The number of carbonyl (C=O) groups is 1. The maximum absolute atomic E-state index is 12.4. The number of hydrogen-bond acceptors (Lipinski definition) is 5. The largest absolute Gasteiger partial charge is 0.497 e. The van der Waals surface area contributed by atoms with Crippen molar-refractivity contribution in [3.8, 4) is 10.9 Å². The minimum absolute atomic E-state index is 0.111. The van der Waals surface area contributed by atoms with E-state index in [9.17, 15) is 4.79 Å². The van der Waals surface area contributed by atoms with Crippen molar-refractivity contribution in [3.63, 3.8) is 0 Å². The molecule has 164 valence electrons. The first-order valence-electron chi connectivity index (χ1n) is 10.4. The van der Waals surface area contributed by atoms with E-state index >= 15 is 0 Å². The third-order valence-electron chi connectivity index (χ3n) is 5.38. The van der Waals surface area contributed by atoms with Crippen LogP contribution in [0.1, 0.15) is 33.8 Å². The molecule has 0 saturated carbocycles. The summed E-state index contributed by atoms with van der Waals surface area (Å²) in [6, 6.07) is 15.8. The Kier molecular flexibility index (Phi) is 6.37. The average Bonchev–Trinajstić information content (AvgIpc) is 3.35. The molecule has 2 heterocycles. The summed E-state index contributed by atoms with van der Waals surface area (Å²) in [7, 11) is 1.61. The van der Waals surface area contributed by atoms with E-state index in [-0.39, 0.29) is 12.3 Å². The number of anilines is 1. The van der Waals surface area contributed by atoms with E-state index in [1.165, 1.54) is 28.0 Å². The molecular weight excluding hydrogens is 420 g/mol. The lowest BCUT2D eigenvalue weighted by molar-refractivity contribution is -0.115. The number of methoxy groups -OCH3 is 1. The molecule has 7 heteroatoms. The maximum Gasteiger partial charge on any atom is 0.230 e. The van der Waals surface area contributed by atoms with Gasteiger partial charge in [0.15, 0.2) is 0 Å². The molecule has 32 heavy (non-hydrogen) atoms. The van der Waals surface area contributed by atoms with Crippen molar-refractivity contribution in [2.45, 2.75) is 33.6 Å². The molecule has 0 saturated heterocycles. The highest BCUT2D eigenvalue weighted by atomic mass is 32.1. The zero-order valence-electron chi connectivity index (χ0n) is 18.7. The zero-order chi connectivity index (χ0) is 22.7. The van der Waals surface area contributed by atoms with Crippen LogP contribution in [0.15, 0.2) is 53.9 Å². The summed E-state index contributed by atoms with van der Waals surface area (Å²) in [5.41, 5.74) is 7.25. The minimum atomic E-state index is -0.111. The first-order valence-corrected chi connectivity index (χ1v) is 11.3. The SMILES string of the molecule is COc1ccc(NC(=O)Cc2csc(-n3nc(C)c(Cc4ccc(C)cc4)c3C)n2)cc1. The number of thiazole rings is 1. The van der Waals surface area contributed by atoms with E-state index in [1.54, 1.807) is 7.11 Å². The number of aromatic nitrogens is 3. The first kappa shape index (κ1) is 21.8. The van der Waals surface area contributed by atoms with Gasteiger partial charge >= 0.3 is 0 Å². The van der Waals surface area contributed by atoms with Crippen molar-refractivity contribution >= 4 is 22.9 Å². The van der Waals surface area contributed by atoms with Crippen molar-refractivity contribution < 1.29 is 9.53 Å². The topological polar surface area (TPSA) is 69.0 Å². The molecule has 4 aromatic rings. The summed E-state index contributed by atoms with van der Waals surface area (Å²) in [5, 5.41) is 10.3. The van der Waals surface area contributed by atoms with Gasteiger partial charge in [0.25, 0.3) is 0 Å². The molecule has 0 radical (unpaired) electrons. The number of rotatable bonds is 7. The number of nitrogens with zero attached hydrogens (tertiary/aromatic N) is 3. The molecule has 0 unspecified atom stereocenters. The van der Waals surface area contributed by atoms with Gasteiger partial charge in [0.05, 0.1) is 24.9 Å². The lowest BCUT2D eigenvalue weighted by atomic mass is 10.0. The van der Waals surface area contributed by atoms with E-state index in [1.807, 2.05) is 41.3 Å². The average molecular weight is 447 g/mol. The Hall–Kier alpha value is -3.45. The van der Waals surface area contributed by atoms with Crippen LogP contribution in [0.5, 0.6) is 5.75 Å². The predicted molar refractivity (Wildman–Crippen MR) is 128 cm³/mol. The highest BCUT2D eigenvalue weighted by Crippen LogP contribution is 2.24. The second-order valence-electron chi connectivity index (χ2n) is 7.80. The Labute approximate surface area is 191 Å². The van der Waals surface area contributed by atoms with Crippen molar-refractivity contribution in [2.75, 3.05) is 12.4 Å². The molecule has 0 bridgehead atoms. The molecule has 0 spiro atoms. The number of carbonyl (C=O) groups excluding carboxylic acids is 1. The molecule has 1 amide bonds. The second kappa shape index (κ2) is 9.36. The highest BCUT2D eigenvalue weighted by Gasteiger charge is 2.16. The Bertz CT molecular complexity index is 1220. The van der Waals surface area contributed by atoms with Crippen LogP contribution < -0.4 is 10.1 Å². The van der Waals surface area contributed by atoms with Crippen LogP contribution in [0.2, 0.25) is 0 Å². The molecular formula is C25H26N4O2S. The smallest absolute Gasteiger partial charge is 0.230 e. The van der Waals surface area contributed by atoms with Gasteiger partial charge in [-0.05, 0) is 50.6 Å². The Balaban J connectivity index is 1.45. The molecule has 2 aromatic heterocycles. The summed E-state index contributed by atoms with van der Waals surface area (Å²) in [5.74, 6) is 0.638. The fourth-order valence-electron chi connectivity index (χ4n) is 3.55. The van der Waals surface area contributed by atoms with E-state index in [4.69, 9.17) is 9.84 Å². The standard InChI is InChI=1S/C25H26N4O2S/c1-16-5-7-19(8-6-16)13-23-17(2)28-29(18(23)3)25-27-21(15-32-25)14-24(30)26-20-9-11-22(31-4)12-10-20/h5-12,15H,13-14H2,1-4H3,(H,26,30). The van der Waals surface area contributed by atoms with Crippen molar-refractivity contribution in [1.29, 1.82) is 0 Å². The monoisotopic (exact) mass is 446 g/mol. The Morgan fingerprint density at radius 3 is 2.47 bits per heavy atom. The molecule has 0 aliphatic carbocycles. The highest BCUT2D eigenvalue weighted by molar-refractivity contribution is 7.12. The first-order chi connectivity index (χ1) is 15.4. The van der Waals surface area contributed by atoms with Crippen LogP contribution in [0.4, 0.5) is 5.69 Å². The molecule has 0 aliphatic rings. The molecule has 0 fully saturated rings. The van der Waals surface area contributed by atoms with Crippen LogP contribution in [-0.4, -0.2) is 27.8 Å². The Morgan fingerprint density at radius 2 is 1.78 bits per heavy atom. The molecule has 4 rings (SSSR count). The molecule has 0 aliphatic heterocycles. The molecule has 0 atom stereocenters. The van der Waals surface area contributed by atoms with Gasteiger partial charge in [-0.25, -0.2) is 9.67 Å². The van der Waals surface area contributed by atoms with Crippen LogP contribution in [0.3, 0.4) is 0 Å². The van der Waals surface area contributed by atoms with Crippen LogP contribution in [0, 0.1) is 20.8 Å². The van der Waals surface area contributed by atoms with Gasteiger partial charge < -0.3 is 10.1 Å². The zero-order valence-corrected chi connectivity index (χ0v) is 19.5. The lowest BCUT2D eigenvalue weighted by Crippen LogP contribution is -2.14.